The maximum atomic E-state index is 12.1. The summed E-state index contributed by atoms with van der Waals surface area (Å²) in [7, 11) is 0. The minimum Gasteiger partial charge on any atom is -0.490 e. The van der Waals surface area contributed by atoms with Crippen molar-refractivity contribution in [3.05, 3.63) is 18.2 Å². The van der Waals surface area contributed by atoms with Crippen molar-refractivity contribution in [1.29, 1.82) is 0 Å². The topological polar surface area (TPSA) is 84.0 Å². The smallest absolute Gasteiger partial charge is 0.242 e. The third-order valence-electron chi connectivity index (χ3n) is 4.34. The number of nitrogens with one attached hydrogen (secondary N) is 3. The number of hydrogen-bond acceptors (Lipinski definition) is 4. The van der Waals surface area contributed by atoms with Crippen LogP contribution >= 0.6 is 0 Å². The highest BCUT2D eigenvalue weighted by Crippen LogP contribution is 2.32. The summed E-state index contributed by atoms with van der Waals surface area (Å²) >= 11 is 0. The van der Waals surface area contributed by atoms with Gasteiger partial charge in [0.1, 0.15) is 6.54 Å². The van der Waals surface area contributed by atoms with Crippen LogP contribution in [0.3, 0.4) is 0 Å². The van der Waals surface area contributed by atoms with E-state index in [4.69, 9.17) is 9.47 Å². The molecule has 2 aliphatic rings. The molecule has 7 nitrogen and oxygen atoms in total. The van der Waals surface area contributed by atoms with Crippen LogP contribution in [-0.4, -0.2) is 43.2 Å². The van der Waals surface area contributed by atoms with Gasteiger partial charge in [0.15, 0.2) is 17.5 Å². The van der Waals surface area contributed by atoms with Crippen LogP contribution in [0.5, 0.6) is 11.5 Å². The fraction of sp³-hybridized carbons (Fsp3) is 0.600. The minimum absolute atomic E-state index is 0.0677. The zero-order valence-corrected chi connectivity index (χ0v) is 16.6. The van der Waals surface area contributed by atoms with Gasteiger partial charge in [-0.3, -0.25) is 4.79 Å². The van der Waals surface area contributed by atoms with Gasteiger partial charge in [0.2, 0.25) is 5.91 Å². The predicted octanol–water partition coefficient (Wildman–Crippen LogP) is 2.53. The lowest BCUT2D eigenvalue weighted by Gasteiger charge is -2.20. The molecule has 1 fully saturated rings. The Morgan fingerprint density at radius 2 is 1.93 bits per heavy atom. The number of amides is 1. The van der Waals surface area contributed by atoms with E-state index in [1.807, 2.05) is 39.0 Å². The average molecular weight is 374 g/mol. The van der Waals surface area contributed by atoms with Gasteiger partial charge in [-0.2, -0.15) is 0 Å². The zero-order chi connectivity index (χ0) is 19.4. The molecule has 1 aromatic carbocycles. The lowest BCUT2D eigenvalue weighted by Crippen LogP contribution is -2.42. The van der Waals surface area contributed by atoms with Gasteiger partial charge >= 0.3 is 0 Å². The van der Waals surface area contributed by atoms with E-state index in [0.29, 0.717) is 31.1 Å². The Kier molecular flexibility index (Phi) is 5.77. The van der Waals surface area contributed by atoms with E-state index in [9.17, 15) is 4.79 Å². The van der Waals surface area contributed by atoms with Crippen molar-refractivity contribution in [2.24, 2.45) is 10.9 Å². The second-order valence-corrected chi connectivity index (χ2v) is 8.26. The van der Waals surface area contributed by atoms with E-state index in [0.717, 1.165) is 30.0 Å². The molecule has 1 aromatic rings. The molecule has 7 heteroatoms. The predicted molar refractivity (Wildman–Crippen MR) is 107 cm³/mol. The van der Waals surface area contributed by atoms with E-state index in [-0.39, 0.29) is 18.0 Å². The van der Waals surface area contributed by atoms with Gasteiger partial charge in [0.05, 0.1) is 13.2 Å². The van der Waals surface area contributed by atoms with Crippen molar-refractivity contribution in [3.8, 4) is 11.5 Å². The largest absolute Gasteiger partial charge is 0.490 e. The van der Waals surface area contributed by atoms with E-state index in [2.05, 4.69) is 27.9 Å². The van der Waals surface area contributed by atoms with E-state index in [1.54, 1.807) is 0 Å². The first-order valence-corrected chi connectivity index (χ1v) is 9.59. The summed E-state index contributed by atoms with van der Waals surface area (Å²) in [5.41, 5.74) is 0.572. The van der Waals surface area contributed by atoms with E-state index >= 15 is 0 Å². The van der Waals surface area contributed by atoms with Crippen molar-refractivity contribution in [2.75, 3.05) is 25.1 Å². The number of fused-ring (bicyclic) bond motifs is 1. The normalized spacial score (nSPS) is 21.9. The molecule has 1 aliphatic heterocycles. The summed E-state index contributed by atoms with van der Waals surface area (Å²) in [6.45, 7) is 9.42. The standard InChI is InChI=1S/C20H30N4O3/c1-13-10-15(13)23-19(21-12-18(25)24-20(2,3)4)22-14-6-7-16-17(11-14)27-9-5-8-26-16/h6-7,11,13,15H,5,8-10,12H2,1-4H3,(H,24,25)(H2,21,22,23). The Hall–Kier alpha value is -2.44. The quantitative estimate of drug-likeness (QED) is 0.557. The van der Waals surface area contributed by atoms with Gasteiger partial charge in [-0.1, -0.05) is 6.92 Å². The Morgan fingerprint density at radius 3 is 2.59 bits per heavy atom. The summed E-state index contributed by atoms with van der Waals surface area (Å²) in [6.07, 6.45) is 1.98. The Balaban J connectivity index is 1.68. The molecule has 0 aromatic heterocycles. The molecular formula is C20H30N4O3. The van der Waals surface area contributed by atoms with Crippen molar-refractivity contribution < 1.29 is 14.3 Å². The zero-order valence-electron chi connectivity index (χ0n) is 16.6. The van der Waals surface area contributed by atoms with Crippen LogP contribution in [0.15, 0.2) is 23.2 Å². The molecule has 0 saturated heterocycles. The first-order valence-electron chi connectivity index (χ1n) is 9.59. The van der Waals surface area contributed by atoms with Crippen molar-refractivity contribution >= 4 is 17.6 Å². The average Bonchev–Trinajstić information content (AvgIpc) is 3.32. The molecule has 0 spiro atoms. The number of anilines is 1. The van der Waals surface area contributed by atoms with Crippen LogP contribution in [0.25, 0.3) is 0 Å². The molecule has 148 valence electrons. The fourth-order valence-corrected chi connectivity index (χ4v) is 2.81. The molecule has 1 saturated carbocycles. The van der Waals surface area contributed by atoms with Crippen LogP contribution in [-0.2, 0) is 4.79 Å². The Morgan fingerprint density at radius 1 is 1.22 bits per heavy atom. The number of rotatable bonds is 4. The number of ether oxygens (including phenoxy) is 2. The molecule has 1 aliphatic carbocycles. The molecule has 0 radical (unpaired) electrons. The molecule has 2 unspecified atom stereocenters. The first-order chi connectivity index (χ1) is 12.8. The monoisotopic (exact) mass is 374 g/mol. The van der Waals surface area contributed by atoms with Crippen molar-refractivity contribution in [2.45, 2.75) is 52.1 Å². The lowest BCUT2D eigenvalue weighted by atomic mass is 10.1. The number of benzene rings is 1. The molecular weight excluding hydrogens is 344 g/mol. The maximum Gasteiger partial charge on any atom is 0.242 e. The molecule has 2 atom stereocenters. The number of aliphatic imine (C=N–C) groups is 1. The molecule has 1 amide bonds. The minimum atomic E-state index is -0.271. The molecule has 3 N–H and O–H groups in total. The van der Waals surface area contributed by atoms with Crippen molar-refractivity contribution in [1.82, 2.24) is 10.6 Å². The fourth-order valence-electron chi connectivity index (χ4n) is 2.81. The Bertz CT molecular complexity index is 712. The lowest BCUT2D eigenvalue weighted by molar-refractivity contribution is -0.121. The SMILES string of the molecule is CC1CC1NC(=NCC(=O)NC(C)(C)C)Nc1ccc2c(c1)OCCCO2. The van der Waals surface area contributed by atoms with Crippen LogP contribution < -0.4 is 25.4 Å². The highest BCUT2D eigenvalue weighted by atomic mass is 16.5. The third-order valence-corrected chi connectivity index (χ3v) is 4.34. The summed E-state index contributed by atoms with van der Waals surface area (Å²) in [4.78, 5) is 16.6. The highest BCUT2D eigenvalue weighted by Gasteiger charge is 2.33. The van der Waals surface area contributed by atoms with Crippen LogP contribution in [0, 0.1) is 5.92 Å². The van der Waals surface area contributed by atoms with Gasteiger partial charge in [-0.15, -0.1) is 0 Å². The number of guanidine groups is 1. The summed E-state index contributed by atoms with van der Waals surface area (Å²) in [5.74, 6) is 2.59. The van der Waals surface area contributed by atoms with E-state index < -0.39 is 0 Å². The van der Waals surface area contributed by atoms with Crippen LogP contribution in [0.4, 0.5) is 5.69 Å². The van der Waals surface area contributed by atoms with Gasteiger partial charge in [0, 0.05) is 29.8 Å². The number of hydrogen-bond donors (Lipinski definition) is 3. The summed E-state index contributed by atoms with van der Waals surface area (Å²) in [5, 5.41) is 9.60. The summed E-state index contributed by atoms with van der Waals surface area (Å²) in [6, 6.07) is 6.12. The van der Waals surface area contributed by atoms with Gasteiger partial charge in [-0.25, -0.2) is 4.99 Å². The second-order valence-electron chi connectivity index (χ2n) is 8.26. The van der Waals surface area contributed by atoms with E-state index in [1.165, 1.54) is 0 Å². The molecule has 27 heavy (non-hydrogen) atoms. The molecule has 3 rings (SSSR count). The van der Waals surface area contributed by atoms with Gasteiger partial charge in [0.25, 0.3) is 0 Å². The number of carbonyl (C=O) groups is 1. The maximum absolute atomic E-state index is 12.1. The van der Waals surface area contributed by atoms with Crippen LogP contribution in [0.1, 0.15) is 40.5 Å². The molecule has 1 heterocycles. The van der Waals surface area contributed by atoms with Gasteiger partial charge < -0.3 is 25.4 Å². The molecule has 0 bridgehead atoms. The Labute approximate surface area is 160 Å². The van der Waals surface area contributed by atoms with Crippen LogP contribution in [0.2, 0.25) is 0 Å². The second kappa shape index (κ2) is 8.06. The van der Waals surface area contributed by atoms with Gasteiger partial charge in [-0.05, 0) is 45.2 Å². The first kappa shape index (κ1) is 19.3. The third kappa shape index (κ3) is 6.05. The number of carbonyl (C=O) groups excluding carboxylic acids is 1. The highest BCUT2D eigenvalue weighted by molar-refractivity contribution is 5.95. The van der Waals surface area contributed by atoms with Crippen molar-refractivity contribution in [3.63, 3.8) is 0 Å². The summed E-state index contributed by atoms with van der Waals surface area (Å²) < 4.78 is 11.4. The number of nitrogens with zero attached hydrogens (tertiary/aromatic N) is 1.